The van der Waals surface area contributed by atoms with Crippen LogP contribution in [0.15, 0.2) is 42.5 Å². The van der Waals surface area contributed by atoms with Gasteiger partial charge in [0.2, 0.25) is 0 Å². The van der Waals surface area contributed by atoms with Crippen LogP contribution in [-0.2, 0) is 5.33 Å². The Balaban J connectivity index is 2.31. The van der Waals surface area contributed by atoms with Crippen LogP contribution in [0.1, 0.15) is 5.56 Å². The van der Waals surface area contributed by atoms with Crippen molar-refractivity contribution in [3.05, 3.63) is 59.7 Å². The topological polar surface area (TPSA) is 9.23 Å². The highest BCUT2D eigenvalue weighted by Crippen LogP contribution is 2.28. The molecule has 17 heavy (non-hydrogen) atoms. The second-order valence-electron chi connectivity index (χ2n) is 3.42. The lowest BCUT2D eigenvalue weighted by Crippen LogP contribution is -1.92. The summed E-state index contributed by atoms with van der Waals surface area (Å²) in [5.41, 5.74) is 0.899. The quantitative estimate of drug-likeness (QED) is 0.749. The van der Waals surface area contributed by atoms with E-state index in [1.165, 1.54) is 6.07 Å². The zero-order chi connectivity index (χ0) is 12.3. The number of benzene rings is 2. The summed E-state index contributed by atoms with van der Waals surface area (Å²) in [6.07, 6.45) is 0. The summed E-state index contributed by atoms with van der Waals surface area (Å²) in [5.74, 6) is -0.771. The number of alkyl halides is 1. The van der Waals surface area contributed by atoms with E-state index in [-0.39, 0.29) is 5.75 Å². The molecule has 0 radical (unpaired) electrons. The van der Waals surface area contributed by atoms with Crippen molar-refractivity contribution in [1.82, 2.24) is 0 Å². The molecule has 2 aromatic carbocycles. The lowest BCUT2D eigenvalue weighted by molar-refractivity contribution is 0.435. The Labute approximate surface area is 106 Å². The first-order valence-corrected chi connectivity index (χ1v) is 6.09. The number of halogens is 3. The van der Waals surface area contributed by atoms with Gasteiger partial charge in [-0.15, -0.1) is 0 Å². The summed E-state index contributed by atoms with van der Waals surface area (Å²) < 4.78 is 31.5. The zero-order valence-corrected chi connectivity index (χ0v) is 10.4. The molecule has 4 heteroatoms. The van der Waals surface area contributed by atoms with Gasteiger partial charge in [-0.3, -0.25) is 0 Å². The van der Waals surface area contributed by atoms with E-state index in [9.17, 15) is 8.78 Å². The number of ether oxygens (including phenoxy) is 1. The van der Waals surface area contributed by atoms with Gasteiger partial charge in [0.1, 0.15) is 11.6 Å². The number of para-hydroxylation sites is 1. The predicted molar refractivity (Wildman–Crippen MR) is 65.5 cm³/mol. The average molecular weight is 299 g/mol. The van der Waals surface area contributed by atoms with Crippen LogP contribution in [-0.4, -0.2) is 0 Å². The Morgan fingerprint density at radius 2 is 1.76 bits per heavy atom. The summed E-state index contributed by atoms with van der Waals surface area (Å²) in [5, 5.41) is 0.603. The largest absolute Gasteiger partial charge is 0.454 e. The molecule has 0 aliphatic rings. The molecule has 2 rings (SSSR count). The molecule has 0 saturated heterocycles. The van der Waals surface area contributed by atoms with E-state index < -0.39 is 11.6 Å². The first kappa shape index (κ1) is 12.0. The van der Waals surface area contributed by atoms with E-state index in [0.29, 0.717) is 11.1 Å². The maximum absolute atomic E-state index is 13.4. The Hall–Kier alpha value is -1.42. The van der Waals surface area contributed by atoms with Gasteiger partial charge in [-0.25, -0.2) is 8.78 Å². The first-order valence-electron chi connectivity index (χ1n) is 4.97. The molecule has 88 valence electrons. The van der Waals surface area contributed by atoms with Gasteiger partial charge in [0.15, 0.2) is 11.6 Å². The standard InChI is InChI=1S/C13H9BrF2O/c14-8-9-3-1-2-4-12(9)17-13-6-5-10(15)7-11(13)16/h1-7H,8H2. The molecule has 0 atom stereocenters. The maximum atomic E-state index is 13.4. The zero-order valence-electron chi connectivity index (χ0n) is 8.79. The van der Waals surface area contributed by atoms with E-state index in [2.05, 4.69) is 15.9 Å². The molecule has 0 spiro atoms. The fraction of sp³-hybridized carbons (Fsp3) is 0.0769. The fourth-order valence-corrected chi connectivity index (χ4v) is 1.85. The van der Waals surface area contributed by atoms with Crippen molar-refractivity contribution < 1.29 is 13.5 Å². The summed E-state index contributed by atoms with van der Waals surface area (Å²) in [7, 11) is 0. The van der Waals surface area contributed by atoms with E-state index in [1.54, 1.807) is 12.1 Å². The van der Waals surface area contributed by atoms with Crippen LogP contribution in [0.3, 0.4) is 0 Å². The molecule has 0 unspecified atom stereocenters. The fourth-order valence-electron chi connectivity index (χ4n) is 1.39. The van der Waals surface area contributed by atoms with E-state index in [0.717, 1.165) is 17.7 Å². The summed E-state index contributed by atoms with van der Waals surface area (Å²) in [4.78, 5) is 0. The Bertz CT molecular complexity index is 529. The highest BCUT2D eigenvalue weighted by molar-refractivity contribution is 9.08. The lowest BCUT2D eigenvalue weighted by Gasteiger charge is -2.09. The number of rotatable bonds is 3. The Morgan fingerprint density at radius 3 is 2.47 bits per heavy atom. The van der Waals surface area contributed by atoms with Crippen LogP contribution in [0.5, 0.6) is 11.5 Å². The molecule has 0 aliphatic heterocycles. The van der Waals surface area contributed by atoms with Gasteiger partial charge in [0.05, 0.1) is 0 Å². The molecule has 0 N–H and O–H groups in total. The third kappa shape index (κ3) is 2.82. The van der Waals surface area contributed by atoms with Gasteiger partial charge in [-0.2, -0.15) is 0 Å². The number of hydrogen-bond acceptors (Lipinski definition) is 1. The second-order valence-corrected chi connectivity index (χ2v) is 3.98. The van der Waals surface area contributed by atoms with Gasteiger partial charge < -0.3 is 4.74 Å². The number of hydrogen-bond donors (Lipinski definition) is 0. The first-order chi connectivity index (χ1) is 8.20. The molecule has 1 nitrogen and oxygen atoms in total. The lowest BCUT2D eigenvalue weighted by atomic mass is 10.2. The third-order valence-electron chi connectivity index (χ3n) is 2.23. The molecular weight excluding hydrogens is 290 g/mol. The van der Waals surface area contributed by atoms with Crippen molar-refractivity contribution in [3.8, 4) is 11.5 Å². The minimum Gasteiger partial charge on any atom is -0.454 e. The predicted octanol–water partition coefficient (Wildman–Crippen LogP) is 4.65. The van der Waals surface area contributed by atoms with E-state index in [1.807, 2.05) is 12.1 Å². The van der Waals surface area contributed by atoms with Gasteiger partial charge in [-0.05, 0) is 18.2 Å². The minimum absolute atomic E-state index is 0.0137. The maximum Gasteiger partial charge on any atom is 0.168 e. The van der Waals surface area contributed by atoms with E-state index in [4.69, 9.17) is 4.74 Å². The highest BCUT2D eigenvalue weighted by Gasteiger charge is 2.08. The van der Waals surface area contributed by atoms with Crippen LogP contribution in [0, 0.1) is 11.6 Å². The Morgan fingerprint density at radius 1 is 1.00 bits per heavy atom. The summed E-state index contributed by atoms with van der Waals surface area (Å²) in [6, 6.07) is 10.5. The molecule has 0 saturated carbocycles. The van der Waals surface area contributed by atoms with Crippen LogP contribution >= 0.6 is 15.9 Å². The van der Waals surface area contributed by atoms with Gasteiger partial charge >= 0.3 is 0 Å². The van der Waals surface area contributed by atoms with Crippen molar-refractivity contribution in [2.24, 2.45) is 0 Å². The van der Waals surface area contributed by atoms with Crippen LogP contribution in [0.4, 0.5) is 8.78 Å². The Kier molecular flexibility index (Phi) is 3.74. The second kappa shape index (κ2) is 5.27. The molecule has 0 aromatic heterocycles. The van der Waals surface area contributed by atoms with Crippen LogP contribution in [0.2, 0.25) is 0 Å². The molecule has 0 bridgehead atoms. The SMILES string of the molecule is Fc1ccc(Oc2ccccc2CBr)c(F)c1. The van der Waals surface area contributed by atoms with Crippen LogP contribution < -0.4 is 4.74 Å². The van der Waals surface area contributed by atoms with E-state index >= 15 is 0 Å². The molecule has 0 fully saturated rings. The van der Waals surface area contributed by atoms with Crippen molar-refractivity contribution in [1.29, 1.82) is 0 Å². The molecular formula is C13H9BrF2O. The molecule has 0 aliphatic carbocycles. The summed E-state index contributed by atoms with van der Waals surface area (Å²) in [6.45, 7) is 0. The van der Waals surface area contributed by atoms with Crippen molar-refractivity contribution in [2.45, 2.75) is 5.33 Å². The minimum atomic E-state index is -0.714. The normalized spacial score (nSPS) is 10.3. The van der Waals surface area contributed by atoms with Gasteiger partial charge in [-0.1, -0.05) is 34.1 Å². The monoisotopic (exact) mass is 298 g/mol. The molecule has 0 heterocycles. The third-order valence-corrected chi connectivity index (χ3v) is 2.83. The average Bonchev–Trinajstić information content (AvgIpc) is 2.33. The van der Waals surface area contributed by atoms with Gasteiger partial charge in [0.25, 0.3) is 0 Å². The van der Waals surface area contributed by atoms with Gasteiger partial charge in [0, 0.05) is 17.0 Å². The smallest absolute Gasteiger partial charge is 0.168 e. The van der Waals surface area contributed by atoms with Crippen molar-refractivity contribution >= 4 is 15.9 Å². The molecule has 0 amide bonds. The van der Waals surface area contributed by atoms with Crippen LogP contribution in [0.25, 0.3) is 0 Å². The van der Waals surface area contributed by atoms with Crippen molar-refractivity contribution in [3.63, 3.8) is 0 Å². The highest BCUT2D eigenvalue weighted by atomic mass is 79.9. The van der Waals surface area contributed by atoms with Crippen molar-refractivity contribution in [2.75, 3.05) is 0 Å². The molecule has 2 aromatic rings. The summed E-state index contributed by atoms with van der Waals surface area (Å²) >= 11 is 3.32.